The zero-order valence-corrected chi connectivity index (χ0v) is 10.1. The van der Waals surface area contributed by atoms with Gasteiger partial charge in [-0.05, 0) is 0 Å². The van der Waals surface area contributed by atoms with Crippen molar-refractivity contribution in [2.75, 3.05) is 12.1 Å². The van der Waals surface area contributed by atoms with Gasteiger partial charge in [-0.2, -0.15) is 0 Å². The van der Waals surface area contributed by atoms with Crippen molar-refractivity contribution in [3.05, 3.63) is 12.7 Å². The highest BCUT2D eigenvalue weighted by molar-refractivity contribution is 5.82. The van der Waals surface area contributed by atoms with E-state index in [0.717, 1.165) is 0 Å². The lowest BCUT2D eigenvalue weighted by molar-refractivity contribution is -0.0495. The van der Waals surface area contributed by atoms with Crippen LogP contribution in [0.25, 0.3) is 11.2 Å². The molecule has 0 radical (unpaired) electrons. The number of hydrogen-bond donors (Lipinski definition) is 4. The van der Waals surface area contributed by atoms with Crippen LogP contribution in [0.5, 0.6) is 0 Å². The van der Waals surface area contributed by atoms with E-state index in [1.165, 1.54) is 17.2 Å². The lowest BCUT2D eigenvalue weighted by atomic mass is 10.1. The third-order valence-electron chi connectivity index (χ3n) is 3.21. The number of aliphatic hydroxyl groups excluding tert-OH is 2. The van der Waals surface area contributed by atoms with Crippen LogP contribution in [0.3, 0.4) is 0 Å². The van der Waals surface area contributed by atoms with Gasteiger partial charge in [0, 0.05) is 0 Å². The molecule has 1 saturated heterocycles. The number of alkyl halides is 1. The highest BCUT2D eigenvalue weighted by atomic mass is 19.1. The van der Waals surface area contributed by atoms with Crippen LogP contribution in [0.1, 0.15) is 6.23 Å². The fraction of sp³-hybridized carbons (Fsp3) is 0.500. The molecule has 2 aromatic rings. The van der Waals surface area contributed by atoms with E-state index >= 15 is 0 Å². The number of hydrogen-bond acceptors (Lipinski definition) is 8. The molecule has 4 N–H and O–H groups in total. The lowest BCUT2D eigenvalue weighted by Gasteiger charge is -2.16. The third-order valence-corrected chi connectivity index (χ3v) is 3.21. The van der Waals surface area contributed by atoms with Gasteiger partial charge in [-0.1, -0.05) is 0 Å². The van der Waals surface area contributed by atoms with E-state index in [2.05, 4.69) is 15.0 Å². The molecule has 0 aliphatic carbocycles. The Morgan fingerprint density at radius 3 is 2.85 bits per heavy atom. The molecule has 20 heavy (non-hydrogen) atoms. The number of nitrogens with one attached hydrogen (secondary N) is 1. The molecular weight excluding hydrogens is 273 g/mol. The van der Waals surface area contributed by atoms with Gasteiger partial charge < -0.3 is 14.9 Å². The molecule has 1 aliphatic heterocycles. The van der Waals surface area contributed by atoms with Crippen molar-refractivity contribution in [3.63, 3.8) is 0 Å². The minimum absolute atomic E-state index is 0.0803. The first-order chi connectivity index (χ1) is 9.67. The molecule has 4 unspecified atom stereocenters. The van der Waals surface area contributed by atoms with E-state index in [4.69, 9.17) is 15.1 Å². The summed E-state index contributed by atoms with van der Waals surface area (Å²) in [6.07, 6.45) is -2.86. The minimum atomic E-state index is -1.71. The van der Waals surface area contributed by atoms with E-state index in [1.54, 1.807) is 0 Å². The normalized spacial score (nSPS) is 30.0. The van der Waals surface area contributed by atoms with Gasteiger partial charge in [-0.25, -0.2) is 19.3 Å². The van der Waals surface area contributed by atoms with Crippen molar-refractivity contribution in [1.29, 1.82) is 0 Å². The van der Waals surface area contributed by atoms with E-state index in [9.17, 15) is 9.50 Å². The first-order valence-electron chi connectivity index (χ1n) is 5.83. The molecule has 0 amide bonds. The Labute approximate surface area is 111 Å². The molecule has 0 spiro atoms. The molecule has 0 bridgehead atoms. The Kier molecular flexibility index (Phi) is 3.22. The molecule has 1 aliphatic rings. The molecule has 108 valence electrons. The van der Waals surface area contributed by atoms with Gasteiger partial charge in [0.2, 0.25) is 0 Å². The van der Waals surface area contributed by atoms with E-state index < -0.39 is 31.2 Å². The van der Waals surface area contributed by atoms with Crippen LogP contribution in [0.4, 0.5) is 10.2 Å². The van der Waals surface area contributed by atoms with Crippen molar-refractivity contribution in [1.82, 2.24) is 19.5 Å². The second kappa shape index (κ2) is 4.90. The van der Waals surface area contributed by atoms with Gasteiger partial charge >= 0.3 is 0 Å². The molecule has 9 nitrogen and oxygen atoms in total. The van der Waals surface area contributed by atoms with Gasteiger partial charge in [-0.15, -0.1) is 0 Å². The molecule has 1 fully saturated rings. The fourth-order valence-electron chi connectivity index (χ4n) is 2.21. The number of rotatable bonds is 3. The SMILES string of the molecule is OCC1OC(n2cnc3c(NO)ncnc32)C(O)C1F. The smallest absolute Gasteiger partial charge is 0.181 e. The standard InChI is InChI=1S/C10H12FN5O4/c11-5-4(1-17)20-10(7(5)18)16-3-14-6-8(15-19)12-2-13-9(6)16/h2-5,7,10,17-19H,1H2,(H,12,13,15). The molecule has 0 saturated carbocycles. The van der Waals surface area contributed by atoms with Gasteiger partial charge in [0.15, 0.2) is 29.4 Å². The van der Waals surface area contributed by atoms with Crippen LogP contribution in [0, 0.1) is 0 Å². The first-order valence-corrected chi connectivity index (χ1v) is 5.83. The molecule has 2 aromatic heterocycles. The number of fused-ring (bicyclic) bond motifs is 1. The van der Waals surface area contributed by atoms with Gasteiger partial charge in [0.05, 0.1) is 12.9 Å². The van der Waals surface area contributed by atoms with E-state index in [0.29, 0.717) is 0 Å². The Morgan fingerprint density at radius 1 is 1.40 bits per heavy atom. The Hall–Kier alpha value is -1.88. The second-order valence-electron chi connectivity index (χ2n) is 4.34. The summed E-state index contributed by atoms with van der Waals surface area (Å²) < 4.78 is 20.3. The summed E-state index contributed by atoms with van der Waals surface area (Å²) in [4.78, 5) is 11.7. The van der Waals surface area contributed by atoms with E-state index in [1.807, 2.05) is 5.48 Å². The average Bonchev–Trinajstić information content (AvgIpc) is 3.01. The van der Waals surface area contributed by atoms with Crippen LogP contribution >= 0.6 is 0 Å². The number of imidazole rings is 1. The lowest BCUT2D eigenvalue weighted by Crippen LogP contribution is -2.29. The van der Waals surface area contributed by atoms with Crippen LogP contribution in [-0.4, -0.2) is 59.9 Å². The molecule has 3 rings (SSSR count). The van der Waals surface area contributed by atoms with Gasteiger partial charge in [0.1, 0.15) is 18.5 Å². The predicted molar refractivity (Wildman–Crippen MR) is 62.6 cm³/mol. The number of aromatic nitrogens is 4. The summed E-state index contributed by atoms with van der Waals surface area (Å²) in [6, 6.07) is 0. The van der Waals surface area contributed by atoms with Crippen LogP contribution in [0.2, 0.25) is 0 Å². The van der Waals surface area contributed by atoms with Crippen molar-refractivity contribution >= 4 is 17.0 Å². The van der Waals surface area contributed by atoms with Crippen molar-refractivity contribution in [3.8, 4) is 0 Å². The molecule has 0 aromatic carbocycles. The summed E-state index contributed by atoms with van der Waals surface area (Å²) in [6.45, 7) is -0.542. The van der Waals surface area contributed by atoms with Crippen molar-refractivity contribution in [2.24, 2.45) is 0 Å². The van der Waals surface area contributed by atoms with E-state index in [-0.39, 0.29) is 17.0 Å². The maximum absolute atomic E-state index is 13.7. The number of nitrogens with zero attached hydrogens (tertiary/aromatic N) is 4. The molecule has 4 atom stereocenters. The van der Waals surface area contributed by atoms with Crippen molar-refractivity contribution in [2.45, 2.75) is 24.6 Å². The number of aliphatic hydroxyl groups is 2. The summed E-state index contributed by atoms with van der Waals surface area (Å²) >= 11 is 0. The average molecular weight is 285 g/mol. The highest BCUT2D eigenvalue weighted by Gasteiger charge is 2.45. The zero-order chi connectivity index (χ0) is 14.3. The maximum atomic E-state index is 13.7. The zero-order valence-electron chi connectivity index (χ0n) is 10.1. The minimum Gasteiger partial charge on any atom is -0.394 e. The topological polar surface area (TPSA) is 126 Å². The summed E-state index contributed by atoms with van der Waals surface area (Å²) in [7, 11) is 0. The Bertz CT molecular complexity index is 623. The highest BCUT2D eigenvalue weighted by Crippen LogP contribution is 2.33. The van der Waals surface area contributed by atoms with Gasteiger partial charge in [0.25, 0.3) is 0 Å². The Balaban J connectivity index is 2.03. The molecule has 10 heteroatoms. The number of halogens is 1. The predicted octanol–water partition coefficient (Wildman–Crippen LogP) is -0.784. The molecule has 3 heterocycles. The summed E-state index contributed by atoms with van der Waals surface area (Å²) in [5.74, 6) is 0.0803. The second-order valence-corrected chi connectivity index (χ2v) is 4.34. The summed E-state index contributed by atoms with van der Waals surface area (Å²) in [5, 5.41) is 27.8. The first kappa shape index (κ1) is 13.1. The quantitative estimate of drug-likeness (QED) is 0.541. The number of ether oxygens (including phenoxy) is 1. The fourth-order valence-corrected chi connectivity index (χ4v) is 2.21. The summed E-state index contributed by atoms with van der Waals surface area (Å²) in [5.41, 5.74) is 2.37. The maximum Gasteiger partial charge on any atom is 0.181 e. The van der Waals surface area contributed by atoms with Gasteiger partial charge in [-0.3, -0.25) is 15.3 Å². The largest absolute Gasteiger partial charge is 0.394 e. The molecular formula is C10H12FN5O4. The number of anilines is 1. The van der Waals surface area contributed by atoms with Crippen molar-refractivity contribution < 1.29 is 24.5 Å². The third kappa shape index (κ3) is 1.81. The Morgan fingerprint density at radius 2 is 2.20 bits per heavy atom. The van der Waals surface area contributed by atoms with Crippen LogP contribution in [-0.2, 0) is 4.74 Å². The van der Waals surface area contributed by atoms with Crippen LogP contribution < -0.4 is 5.48 Å². The van der Waals surface area contributed by atoms with Crippen LogP contribution in [0.15, 0.2) is 12.7 Å². The monoisotopic (exact) mass is 285 g/mol.